The van der Waals surface area contributed by atoms with Gasteiger partial charge in [-0.3, -0.25) is 9.78 Å². The maximum Gasteiger partial charge on any atom is 0.251 e. The second kappa shape index (κ2) is 5.65. The van der Waals surface area contributed by atoms with E-state index in [4.69, 9.17) is 0 Å². The molecule has 0 aliphatic heterocycles. The van der Waals surface area contributed by atoms with E-state index in [2.05, 4.69) is 30.2 Å². The molecule has 1 heterocycles. The third-order valence-electron chi connectivity index (χ3n) is 3.12. The lowest BCUT2D eigenvalue weighted by atomic mass is 10.0. The van der Waals surface area contributed by atoms with E-state index in [1.54, 1.807) is 7.05 Å². The van der Waals surface area contributed by atoms with Crippen LogP contribution < -0.4 is 5.32 Å². The number of aromatic nitrogens is 1. The van der Waals surface area contributed by atoms with Crippen molar-refractivity contribution < 1.29 is 4.79 Å². The Morgan fingerprint density at radius 1 is 1.11 bits per heavy atom. The van der Waals surface area contributed by atoms with Gasteiger partial charge in [-0.1, -0.05) is 32.0 Å². The molecule has 98 valence electrons. The normalized spacial score (nSPS) is 10.5. The molecule has 2 aromatic rings. The number of nitrogens with zero attached hydrogens (tertiary/aromatic N) is 1. The van der Waals surface area contributed by atoms with Crippen molar-refractivity contribution >= 4 is 5.91 Å². The smallest absolute Gasteiger partial charge is 0.251 e. The van der Waals surface area contributed by atoms with Crippen molar-refractivity contribution in [2.24, 2.45) is 0 Å². The number of carbonyl (C=O) groups is 1. The van der Waals surface area contributed by atoms with Crippen LogP contribution in [-0.4, -0.2) is 17.9 Å². The number of amides is 1. The molecule has 0 bridgehead atoms. The van der Waals surface area contributed by atoms with Gasteiger partial charge in [0.05, 0.1) is 5.69 Å². The molecule has 0 radical (unpaired) electrons. The molecule has 0 atom stereocenters. The van der Waals surface area contributed by atoms with Crippen LogP contribution >= 0.6 is 0 Å². The van der Waals surface area contributed by atoms with E-state index in [1.165, 1.54) is 5.56 Å². The van der Waals surface area contributed by atoms with E-state index in [1.807, 2.05) is 36.5 Å². The first-order chi connectivity index (χ1) is 9.11. The molecule has 3 heteroatoms. The molecule has 1 aromatic heterocycles. The van der Waals surface area contributed by atoms with Crippen LogP contribution in [-0.2, 0) is 0 Å². The Labute approximate surface area is 113 Å². The zero-order chi connectivity index (χ0) is 13.8. The molecule has 0 saturated carbocycles. The van der Waals surface area contributed by atoms with Gasteiger partial charge in [0.15, 0.2) is 0 Å². The van der Waals surface area contributed by atoms with Crippen LogP contribution in [0.3, 0.4) is 0 Å². The van der Waals surface area contributed by atoms with Gasteiger partial charge >= 0.3 is 0 Å². The molecule has 0 saturated heterocycles. The summed E-state index contributed by atoms with van der Waals surface area (Å²) in [4.78, 5) is 15.9. The van der Waals surface area contributed by atoms with E-state index < -0.39 is 0 Å². The van der Waals surface area contributed by atoms with E-state index >= 15 is 0 Å². The second-order valence-corrected chi connectivity index (χ2v) is 4.79. The highest BCUT2D eigenvalue weighted by Gasteiger charge is 2.05. The fourth-order valence-corrected chi connectivity index (χ4v) is 1.85. The number of carbonyl (C=O) groups excluding carboxylic acids is 1. The molecule has 3 nitrogen and oxygen atoms in total. The lowest BCUT2D eigenvalue weighted by Crippen LogP contribution is -2.17. The Bertz CT molecular complexity index is 556. The summed E-state index contributed by atoms with van der Waals surface area (Å²) in [6.45, 7) is 4.30. The minimum atomic E-state index is -0.0744. The van der Waals surface area contributed by atoms with Gasteiger partial charge in [-0.2, -0.15) is 0 Å². The third kappa shape index (κ3) is 2.99. The molecule has 1 aromatic carbocycles. The zero-order valence-electron chi connectivity index (χ0n) is 11.5. The molecular weight excluding hydrogens is 236 g/mol. The SMILES string of the molecule is CNC(=O)c1ccc(-c2ccc(C(C)C)cn2)cc1. The van der Waals surface area contributed by atoms with Crippen LogP contribution in [0.5, 0.6) is 0 Å². The third-order valence-corrected chi connectivity index (χ3v) is 3.12. The van der Waals surface area contributed by atoms with Crippen LogP contribution in [0.4, 0.5) is 0 Å². The van der Waals surface area contributed by atoms with Gasteiger partial charge in [0.2, 0.25) is 0 Å². The largest absolute Gasteiger partial charge is 0.355 e. The summed E-state index contributed by atoms with van der Waals surface area (Å²) in [5.41, 5.74) is 3.83. The molecule has 0 aliphatic rings. The summed E-state index contributed by atoms with van der Waals surface area (Å²) < 4.78 is 0. The Morgan fingerprint density at radius 3 is 2.26 bits per heavy atom. The molecular formula is C16H18N2O. The molecule has 0 aliphatic carbocycles. The monoisotopic (exact) mass is 254 g/mol. The van der Waals surface area contributed by atoms with E-state index in [0.29, 0.717) is 11.5 Å². The highest BCUT2D eigenvalue weighted by molar-refractivity contribution is 5.94. The summed E-state index contributed by atoms with van der Waals surface area (Å²) >= 11 is 0. The Kier molecular flexibility index (Phi) is 3.95. The highest BCUT2D eigenvalue weighted by Crippen LogP contribution is 2.20. The fourth-order valence-electron chi connectivity index (χ4n) is 1.85. The Hall–Kier alpha value is -2.16. The van der Waals surface area contributed by atoms with Crippen LogP contribution in [0.25, 0.3) is 11.3 Å². The number of hydrogen-bond donors (Lipinski definition) is 1. The van der Waals surface area contributed by atoms with Gasteiger partial charge in [-0.25, -0.2) is 0 Å². The van der Waals surface area contributed by atoms with Crippen molar-refractivity contribution in [3.8, 4) is 11.3 Å². The predicted octanol–water partition coefficient (Wildman–Crippen LogP) is 3.23. The topological polar surface area (TPSA) is 42.0 Å². The highest BCUT2D eigenvalue weighted by atomic mass is 16.1. The van der Waals surface area contributed by atoms with Crippen LogP contribution in [0.2, 0.25) is 0 Å². The first-order valence-corrected chi connectivity index (χ1v) is 6.40. The second-order valence-electron chi connectivity index (χ2n) is 4.79. The van der Waals surface area contributed by atoms with Crippen molar-refractivity contribution in [1.82, 2.24) is 10.3 Å². The Balaban J connectivity index is 2.24. The maximum absolute atomic E-state index is 11.5. The number of nitrogens with one attached hydrogen (secondary N) is 1. The van der Waals surface area contributed by atoms with E-state index in [0.717, 1.165) is 11.3 Å². The zero-order valence-corrected chi connectivity index (χ0v) is 11.5. The summed E-state index contributed by atoms with van der Waals surface area (Å²) in [5, 5.41) is 2.61. The van der Waals surface area contributed by atoms with Gasteiger partial charge in [-0.05, 0) is 29.7 Å². The number of hydrogen-bond acceptors (Lipinski definition) is 2. The predicted molar refractivity (Wildman–Crippen MR) is 77.2 cm³/mol. The molecule has 1 amide bonds. The average molecular weight is 254 g/mol. The minimum absolute atomic E-state index is 0.0744. The number of benzene rings is 1. The van der Waals surface area contributed by atoms with Gasteiger partial charge in [0.25, 0.3) is 5.91 Å². The van der Waals surface area contributed by atoms with Crippen molar-refractivity contribution in [2.45, 2.75) is 19.8 Å². The van der Waals surface area contributed by atoms with Crippen LogP contribution in [0, 0.1) is 0 Å². The van der Waals surface area contributed by atoms with Gasteiger partial charge < -0.3 is 5.32 Å². The molecule has 2 rings (SSSR count). The van der Waals surface area contributed by atoms with Crippen LogP contribution in [0.1, 0.15) is 35.7 Å². The Morgan fingerprint density at radius 2 is 1.79 bits per heavy atom. The fraction of sp³-hybridized carbons (Fsp3) is 0.250. The van der Waals surface area contributed by atoms with Gasteiger partial charge in [0.1, 0.15) is 0 Å². The minimum Gasteiger partial charge on any atom is -0.355 e. The van der Waals surface area contributed by atoms with Crippen molar-refractivity contribution in [2.75, 3.05) is 7.05 Å². The van der Waals surface area contributed by atoms with Gasteiger partial charge in [-0.15, -0.1) is 0 Å². The molecule has 1 N–H and O–H groups in total. The first-order valence-electron chi connectivity index (χ1n) is 6.40. The van der Waals surface area contributed by atoms with Crippen molar-refractivity contribution in [1.29, 1.82) is 0 Å². The molecule has 0 spiro atoms. The lowest BCUT2D eigenvalue weighted by molar-refractivity contribution is 0.0963. The summed E-state index contributed by atoms with van der Waals surface area (Å²) in [7, 11) is 1.63. The van der Waals surface area contributed by atoms with E-state index in [9.17, 15) is 4.79 Å². The molecule has 19 heavy (non-hydrogen) atoms. The van der Waals surface area contributed by atoms with E-state index in [-0.39, 0.29) is 5.91 Å². The number of pyridine rings is 1. The van der Waals surface area contributed by atoms with Crippen LogP contribution in [0.15, 0.2) is 42.6 Å². The standard InChI is InChI=1S/C16H18N2O/c1-11(2)14-8-9-15(18-10-14)12-4-6-13(7-5-12)16(19)17-3/h4-11H,1-3H3,(H,17,19). The lowest BCUT2D eigenvalue weighted by Gasteiger charge is -2.07. The maximum atomic E-state index is 11.5. The summed E-state index contributed by atoms with van der Waals surface area (Å²) in [6.07, 6.45) is 1.91. The molecule has 0 fully saturated rings. The summed E-state index contributed by atoms with van der Waals surface area (Å²) in [5.74, 6) is 0.409. The number of rotatable bonds is 3. The average Bonchev–Trinajstić information content (AvgIpc) is 2.46. The van der Waals surface area contributed by atoms with Crippen molar-refractivity contribution in [3.63, 3.8) is 0 Å². The van der Waals surface area contributed by atoms with Gasteiger partial charge in [0, 0.05) is 24.4 Å². The molecule has 0 unspecified atom stereocenters. The van der Waals surface area contributed by atoms with Crippen molar-refractivity contribution in [3.05, 3.63) is 53.7 Å². The first kappa shape index (κ1) is 13.3. The quantitative estimate of drug-likeness (QED) is 0.913. The summed E-state index contributed by atoms with van der Waals surface area (Å²) in [6, 6.07) is 11.6.